The van der Waals surface area contributed by atoms with Crippen molar-refractivity contribution in [3.05, 3.63) is 5.01 Å². The maximum atomic E-state index is 12.0. The van der Waals surface area contributed by atoms with Crippen molar-refractivity contribution in [3.8, 4) is 0 Å². The van der Waals surface area contributed by atoms with Crippen molar-refractivity contribution in [3.63, 3.8) is 0 Å². The summed E-state index contributed by atoms with van der Waals surface area (Å²) in [6.45, 7) is 3.98. The Morgan fingerprint density at radius 3 is 2.90 bits per heavy atom. The molecular weight excluding hydrogens is 314 g/mol. The quantitative estimate of drug-likeness (QED) is 0.753. The molecule has 1 saturated heterocycles. The summed E-state index contributed by atoms with van der Waals surface area (Å²) in [6.07, 6.45) is 0.384. The van der Waals surface area contributed by atoms with Crippen LogP contribution in [-0.4, -0.2) is 46.1 Å². The van der Waals surface area contributed by atoms with Crippen molar-refractivity contribution < 1.29 is 19.1 Å². The molecule has 114 valence electrons. The van der Waals surface area contributed by atoms with Crippen molar-refractivity contribution >= 4 is 45.2 Å². The zero-order chi connectivity index (χ0) is 15.4. The summed E-state index contributed by atoms with van der Waals surface area (Å²) in [5, 5.41) is 8.22. The minimum atomic E-state index is -0.531. The van der Waals surface area contributed by atoms with Gasteiger partial charge >= 0.3 is 5.97 Å². The lowest BCUT2D eigenvalue weighted by atomic mass is 10.1. The molecule has 2 heterocycles. The molecule has 21 heavy (non-hydrogen) atoms. The Morgan fingerprint density at radius 1 is 1.48 bits per heavy atom. The number of esters is 1. The Morgan fingerprint density at radius 2 is 2.24 bits per heavy atom. The molecule has 0 aliphatic carbocycles. The molecule has 0 aromatic carbocycles. The van der Waals surface area contributed by atoms with E-state index in [-0.39, 0.29) is 28.6 Å². The van der Waals surface area contributed by atoms with Gasteiger partial charge in [0.2, 0.25) is 16.0 Å². The fourth-order valence-corrected chi connectivity index (χ4v) is 3.37. The number of anilines is 1. The first-order valence-electron chi connectivity index (χ1n) is 6.45. The van der Waals surface area contributed by atoms with E-state index in [4.69, 9.17) is 4.74 Å². The standard InChI is InChI=1S/C12H15N3O4S2/c1-3-19-11(18)10-13-14-12(21-10)15-5-8(4-9(15)17)6-20-7(2)16/h8H,3-6H2,1-2H3. The molecule has 0 bridgehead atoms. The van der Waals surface area contributed by atoms with Gasteiger partial charge in [0.05, 0.1) is 6.61 Å². The van der Waals surface area contributed by atoms with Crippen LogP contribution in [-0.2, 0) is 14.3 Å². The number of carbonyl (C=O) groups is 3. The number of carbonyl (C=O) groups excluding carboxylic acids is 3. The molecular formula is C12H15N3O4S2. The largest absolute Gasteiger partial charge is 0.461 e. The van der Waals surface area contributed by atoms with Gasteiger partial charge in [-0.3, -0.25) is 14.5 Å². The number of nitrogens with zero attached hydrogens (tertiary/aromatic N) is 3. The van der Waals surface area contributed by atoms with Crippen LogP contribution >= 0.6 is 23.1 Å². The number of ether oxygens (including phenoxy) is 1. The van der Waals surface area contributed by atoms with Crippen LogP contribution in [0.5, 0.6) is 0 Å². The van der Waals surface area contributed by atoms with E-state index in [1.807, 2.05) is 0 Å². The van der Waals surface area contributed by atoms with Gasteiger partial charge in [-0.25, -0.2) is 4.79 Å². The maximum Gasteiger partial charge on any atom is 0.369 e. The van der Waals surface area contributed by atoms with Crippen molar-refractivity contribution in [2.45, 2.75) is 20.3 Å². The van der Waals surface area contributed by atoms with Gasteiger partial charge in [-0.15, -0.1) is 10.2 Å². The van der Waals surface area contributed by atoms with Crippen LogP contribution in [0.2, 0.25) is 0 Å². The minimum Gasteiger partial charge on any atom is -0.461 e. The van der Waals surface area contributed by atoms with Crippen LogP contribution in [0.3, 0.4) is 0 Å². The first-order valence-corrected chi connectivity index (χ1v) is 8.25. The molecule has 0 radical (unpaired) electrons. The molecule has 0 spiro atoms. The fourth-order valence-electron chi connectivity index (χ4n) is 1.91. The predicted molar refractivity (Wildman–Crippen MR) is 79.5 cm³/mol. The third-order valence-corrected chi connectivity index (χ3v) is 4.79. The lowest BCUT2D eigenvalue weighted by Gasteiger charge is -2.11. The van der Waals surface area contributed by atoms with Gasteiger partial charge in [-0.1, -0.05) is 23.1 Å². The summed E-state index contributed by atoms with van der Waals surface area (Å²) < 4.78 is 4.84. The van der Waals surface area contributed by atoms with E-state index in [0.717, 1.165) is 11.3 Å². The summed E-state index contributed by atoms with van der Waals surface area (Å²) in [5.74, 6) is 0.134. The van der Waals surface area contributed by atoms with E-state index in [1.165, 1.54) is 23.6 Å². The summed E-state index contributed by atoms with van der Waals surface area (Å²) >= 11 is 2.26. The van der Waals surface area contributed by atoms with Gasteiger partial charge in [-0.2, -0.15) is 0 Å². The second-order valence-electron chi connectivity index (χ2n) is 4.49. The molecule has 1 atom stereocenters. The zero-order valence-corrected chi connectivity index (χ0v) is 13.3. The Bertz CT molecular complexity index is 560. The molecule has 1 amide bonds. The van der Waals surface area contributed by atoms with Gasteiger partial charge in [0.25, 0.3) is 0 Å². The molecule has 1 aliphatic heterocycles. The van der Waals surface area contributed by atoms with Crippen LogP contribution in [0.25, 0.3) is 0 Å². The second kappa shape index (κ2) is 6.99. The average Bonchev–Trinajstić information content (AvgIpc) is 3.03. The number of hydrogen-bond acceptors (Lipinski definition) is 8. The zero-order valence-electron chi connectivity index (χ0n) is 11.7. The lowest BCUT2D eigenvalue weighted by Crippen LogP contribution is -2.24. The fraction of sp³-hybridized carbons (Fsp3) is 0.583. The van der Waals surface area contributed by atoms with Crippen molar-refractivity contribution in [2.24, 2.45) is 5.92 Å². The Kier molecular flexibility index (Phi) is 5.29. The normalized spacial score (nSPS) is 18.1. The van der Waals surface area contributed by atoms with E-state index in [0.29, 0.717) is 23.8 Å². The number of rotatable bonds is 5. The highest BCUT2D eigenvalue weighted by atomic mass is 32.2. The summed E-state index contributed by atoms with van der Waals surface area (Å²) in [4.78, 5) is 36.0. The van der Waals surface area contributed by atoms with Gasteiger partial charge in [0, 0.05) is 25.6 Å². The van der Waals surface area contributed by atoms with Crippen molar-refractivity contribution in [1.29, 1.82) is 0 Å². The minimum absolute atomic E-state index is 0.0430. The molecule has 1 aromatic heterocycles. The summed E-state index contributed by atoms with van der Waals surface area (Å²) in [6, 6.07) is 0. The maximum absolute atomic E-state index is 12.0. The molecule has 1 aromatic rings. The third kappa shape index (κ3) is 4.01. The van der Waals surface area contributed by atoms with Crippen molar-refractivity contribution in [1.82, 2.24) is 10.2 Å². The van der Waals surface area contributed by atoms with Gasteiger partial charge in [0.1, 0.15) is 0 Å². The summed E-state index contributed by atoms with van der Waals surface area (Å²) in [7, 11) is 0. The Labute approximate surface area is 130 Å². The number of amides is 1. The molecule has 7 nitrogen and oxygen atoms in total. The van der Waals surface area contributed by atoms with Crippen LogP contribution in [0.1, 0.15) is 30.1 Å². The van der Waals surface area contributed by atoms with Crippen LogP contribution in [0.4, 0.5) is 5.13 Å². The highest BCUT2D eigenvalue weighted by molar-refractivity contribution is 8.13. The molecule has 0 N–H and O–H groups in total. The molecule has 1 fully saturated rings. The van der Waals surface area contributed by atoms with Crippen LogP contribution < -0.4 is 4.90 Å². The molecule has 1 unspecified atom stereocenters. The monoisotopic (exact) mass is 329 g/mol. The number of aromatic nitrogens is 2. The summed E-state index contributed by atoms with van der Waals surface area (Å²) in [5.41, 5.74) is 0. The Hall–Kier alpha value is -1.48. The van der Waals surface area contributed by atoms with Crippen LogP contribution in [0, 0.1) is 5.92 Å². The van der Waals surface area contributed by atoms with Gasteiger partial charge in [-0.05, 0) is 12.8 Å². The third-order valence-electron chi connectivity index (χ3n) is 2.82. The Balaban J connectivity index is 2.00. The first kappa shape index (κ1) is 15.9. The molecule has 2 rings (SSSR count). The molecule has 9 heteroatoms. The second-order valence-corrected chi connectivity index (χ2v) is 6.64. The topological polar surface area (TPSA) is 89.5 Å². The number of thioether (sulfide) groups is 1. The van der Waals surface area contributed by atoms with Crippen LogP contribution in [0.15, 0.2) is 0 Å². The van der Waals surface area contributed by atoms with Crippen molar-refractivity contribution in [2.75, 3.05) is 23.8 Å². The van der Waals surface area contributed by atoms with Gasteiger partial charge < -0.3 is 4.74 Å². The van der Waals surface area contributed by atoms with E-state index in [9.17, 15) is 14.4 Å². The smallest absolute Gasteiger partial charge is 0.369 e. The highest BCUT2D eigenvalue weighted by Crippen LogP contribution is 2.29. The van der Waals surface area contributed by atoms with E-state index in [1.54, 1.807) is 6.92 Å². The lowest BCUT2D eigenvalue weighted by molar-refractivity contribution is -0.117. The van der Waals surface area contributed by atoms with Gasteiger partial charge in [0.15, 0.2) is 5.12 Å². The molecule has 0 saturated carbocycles. The van der Waals surface area contributed by atoms with E-state index >= 15 is 0 Å². The average molecular weight is 329 g/mol. The highest BCUT2D eigenvalue weighted by Gasteiger charge is 2.33. The number of hydrogen-bond donors (Lipinski definition) is 0. The molecule has 1 aliphatic rings. The van der Waals surface area contributed by atoms with E-state index < -0.39 is 5.97 Å². The first-order chi connectivity index (χ1) is 10.0. The predicted octanol–water partition coefficient (Wildman–Crippen LogP) is 1.35. The van der Waals surface area contributed by atoms with E-state index in [2.05, 4.69) is 10.2 Å². The SMILES string of the molecule is CCOC(=O)c1nnc(N2CC(CSC(C)=O)CC2=O)s1.